The van der Waals surface area contributed by atoms with E-state index < -0.39 is 0 Å². The van der Waals surface area contributed by atoms with Crippen molar-refractivity contribution in [3.05, 3.63) is 89.1 Å². The number of allylic oxidation sites excluding steroid dienone is 1. The summed E-state index contributed by atoms with van der Waals surface area (Å²) in [4.78, 5) is 28.7. The van der Waals surface area contributed by atoms with Gasteiger partial charge in [-0.3, -0.25) is 9.59 Å². The largest absolute Gasteiger partial charge is 0.338 e. The van der Waals surface area contributed by atoms with Crippen LogP contribution in [0.15, 0.2) is 66.9 Å². The second kappa shape index (κ2) is 7.72. The highest BCUT2D eigenvalue weighted by Gasteiger charge is 2.25. The number of pyridine rings is 1. The Labute approximate surface area is 169 Å². The van der Waals surface area contributed by atoms with E-state index >= 15 is 0 Å². The maximum atomic E-state index is 13.1. The van der Waals surface area contributed by atoms with E-state index in [2.05, 4.69) is 22.5 Å². The third-order valence-corrected chi connectivity index (χ3v) is 5.09. The molecule has 5 heteroatoms. The summed E-state index contributed by atoms with van der Waals surface area (Å²) in [5.74, 6) is 0.439. The van der Waals surface area contributed by atoms with E-state index in [1.165, 1.54) is 6.20 Å². The van der Waals surface area contributed by atoms with Crippen LogP contribution in [0.3, 0.4) is 0 Å². The molecule has 3 aromatic rings. The van der Waals surface area contributed by atoms with Crippen LogP contribution >= 0.6 is 0 Å². The summed E-state index contributed by atoms with van der Waals surface area (Å²) in [6, 6.07) is 17.3. The first kappa shape index (κ1) is 18.6. The Hall–Kier alpha value is -3.73. The average molecular weight is 383 g/mol. The lowest BCUT2D eigenvalue weighted by Gasteiger charge is -2.15. The number of para-hydroxylation sites is 1. The number of carbonyl (C=O) groups excluding carboxylic acids is 2. The molecule has 2 N–H and O–H groups in total. The zero-order valence-corrected chi connectivity index (χ0v) is 16.3. The summed E-state index contributed by atoms with van der Waals surface area (Å²) in [5, 5.41) is 6.19. The number of nitrogens with zero attached hydrogens (tertiary/aromatic N) is 1. The fourth-order valence-electron chi connectivity index (χ4n) is 3.54. The molecule has 29 heavy (non-hydrogen) atoms. The number of aryl methyl sites for hydroxylation is 1. The van der Waals surface area contributed by atoms with Crippen LogP contribution in [0, 0.1) is 6.92 Å². The van der Waals surface area contributed by atoms with Crippen molar-refractivity contribution in [2.45, 2.75) is 19.8 Å². The first-order valence-electron chi connectivity index (χ1n) is 9.47. The fraction of sp³-hybridized carbons (Fsp3) is 0.125. The molecule has 2 aromatic carbocycles. The predicted octanol–water partition coefficient (Wildman–Crippen LogP) is 5.09. The average Bonchev–Trinajstić information content (AvgIpc) is 3.08. The summed E-state index contributed by atoms with van der Waals surface area (Å²) < 4.78 is 0. The molecule has 0 saturated carbocycles. The predicted molar refractivity (Wildman–Crippen MR) is 116 cm³/mol. The molecule has 1 atom stereocenters. The van der Waals surface area contributed by atoms with Crippen LogP contribution < -0.4 is 10.6 Å². The second-order valence-corrected chi connectivity index (χ2v) is 7.13. The van der Waals surface area contributed by atoms with E-state index in [0.717, 1.165) is 22.4 Å². The van der Waals surface area contributed by atoms with E-state index in [9.17, 15) is 9.59 Å². The molecule has 0 radical (unpaired) electrons. The summed E-state index contributed by atoms with van der Waals surface area (Å²) in [6.45, 7) is 4.06. The summed E-state index contributed by atoms with van der Waals surface area (Å²) in [7, 11) is 0. The number of carbonyl (C=O) groups is 2. The number of benzene rings is 2. The third kappa shape index (κ3) is 3.67. The van der Waals surface area contributed by atoms with Crippen molar-refractivity contribution >= 4 is 35.0 Å². The van der Waals surface area contributed by atoms with Crippen molar-refractivity contribution in [1.82, 2.24) is 4.98 Å². The first-order valence-corrected chi connectivity index (χ1v) is 9.47. The monoisotopic (exact) mass is 383 g/mol. The normalized spacial score (nSPS) is 14.7. The van der Waals surface area contributed by atoms with Gasteiger partial charge in [-0.05, 0) is 35.7 Å². The van der Waals surface area contributed by atoms with Gasteiger partial charge in [-0.15, -0.1) is 0 Å². The molecule has 1 unspecified atom stereocenters. The number of rotatable bonds is 5. The highest BCUT2D eigenvalue weighted by molar-refractivity contribution is 6.27. The first-order chi connectivity index (χ1) is 14.1. The van der Waals surface area contributed by atoms with E-state index in [1.807, 2.05) is 61.5 Å². The van der Waals surface area contributed by atoms with Crippen LogP contribution in [0.5, 0.6) is 0 Å². The van der Waals surface area contributed by atoms with Crippen molar-refractivity contribution in [1.29, 1.82) is 0 Å². The van der Waals surface area contributed by atoms with Gasteiger partial charge in [0.25, 0.3) is 5.91 Å². The van der Waals surface area contributed by atoms with Crippen LogP contribution in [0.25, 0.3) is 5.57 Å². The number of hydrogen-bond donors (Lipinski definition) is 2. The van der Waals surface area contributed by atoms with Gasteiger partial charge in [0.15, 0.2) is 12.1 Å². The van der Waals surface area contributed by atoms with Crippen molar-refractivity contribution in [3.8, 4) is 0 Å². The number of anilines is 3. The van der Waals surface area contributed by atoms with E-state index in [4.69, 9.17) is 0 Å². The molecule has 0 aliphatic heterocycles. The molecule has 1 aromatic heterocycles. The Morgan fingerprint density at radius 3 is 2.62 bits per heavy atom. The minimum absolute atomic E-state index is 0.177. The van der Waals surface area contributed by atoms with Gasteiger partial charge < -0.3 is 10.6 Å². The summed E-state index contributed by atoms with van der Waals surface area (Å²) in [5.41, 5.74) is 5.49. The lowest BCUT2D eigenvalue weighted by atomic mass is 10.0. The van der Waals surface area contributed by atoms with Gasteiger partial charge in [-0.25, -0.2) is 4.98 Å². The number of fused-ring (bicyclic) bond motifs is 1. The van der Waals surface area contributed by atoms with E-state index in [1.54, 1.807) is 6.07 Å². The molecule has 1 amide bonds. The summed E-state index contributed by atoms with van der Waals surface area (Å²) >= 11 is 0. The number of aldehydes is 1. The number of amides is 1. The maximum Gasteiger partial charge on any atom is 0.256 e. The molecule has 1 aliphatic carbocycles. The molecule has 0 spiro atoms. The van der Waals surface area contributed by atoms with Crippen LogP contribution in [-0.4, -0.2) is 17.2 Å². The Morgan fingerprint density at radius 2 is 1.83 bits per heavy atom. The molecule has 144 valence electrons. The van der Waals surface area contributed by atoms with Crippen LogP contribution in [-0.2, 0) is 4.79 Å². The zero-order chi connectivity index (χ0) is 20.4. The summed E-state index contributed by atoms with van der Waals surface area (Å²) in [6.07, 6.45) is 4.16. The lowest BCUT2D eigenvalue weighted by Crippen LogP contribution is -2.15. The third-order valence-electron chi connectivity index (χ3n) is 5.09. The molecular formula is C24H21N3O2. The zero-order valence-electron chi connectivity index (χ0n) is 16.3. The molecule has 1 aliphatic rings. The topological polar surface area (TPSA) is 71.1 Å². The van der Waals surface area contributed by atoms with Crippen molar-refractivity contribution in [2.75, 3.05) is 10.6 Å². The molecule has 0 fully saturated rings. The quantitative estimate of drug-likeness (QED) is 0.603. The van der Waals surface area contributed by atoms with Gasteiger partial charge in [0.1, 0.15) is 0 Å². The van der Waals surface area contributed by atoms with Crippen LogP contribution in [0.2, 0.25) is 0 Å². The van der Waals surface area contributed by atoms with Crippen LogP contribution in [0.1, 0.15) is 39.9 Å². The smallest absolute Gasteiger partial charge is 0.256 e. The van der Waals surface area contributed by atoms with Gasteiger partial charge in [-0.1, -0.05) is 55.5 Å². The molecule has 4 rings (SSSR count). The Bertz CT molecular complexity index is 1130. The molecule has 1 heterocycles. The number of hydrogen-bond acceptors (Lipinski definition) is 4. The minimum atomic E-state index is -0.223. The Kier molecular flexibility index (Phi) is 4.96. The van der Waals surface area contributed by atoms with Crippen molar-refractivity contribution < 1.29 is 9.59 Å². The fourth-order valence-corrected chi connectivity index (χ4v) is 3.54. The lowest BCUT2D eigenvalue weighted by molar-refractivity contribution is -0.111. The number of aromatic nitrogens is 1. The van der Waals surface area contributed by atoms with E-state index in [-0.39, 0.29) is 11.8 Å². The SMILES string of the molecule is Cc1ccccc1Nc1ncc(C=O)cc1NC(=O)C1=CC(C)c2ccccc21. The number of nitrogens with one attached hydrogen (secondary N) is 2. The Balaban J connectivity index is 1.66. The standard InChI is InChI=1S/C24H21N3O2/c1-15-7-3-6-10-21(15)26-23-22(12-17(14-28)13-25-23)27-24(29)20-11-16(2)18-8-4-5-9-19(18)20/h3-14,16H,1-2H3,(H,25,26)(H,27,29). The van der Waals surface area contributed by atoms with E-state index in [0.29, 0.717) is 28.9 Å². The van der Waals surface area contributed by atoms with Crippen molar-refractivity contribution in [3.63, 3.8) is 0 Å². The molecule has 0 bridgehead atoms. The second-order valence-electron chi connectivity index (χ2n) is 7.13. The highest BCUT2D eigenvalue weighted by atomic mass is 16.1. The molecule has 5 nitrogen and oxygen atoms in total. The molecule has 0 saturated heterocycles. The van der Waals surface area contributed by atoms with Gasteiger partial charge in [-0.2, -0.15) is 0 Å². The maximum absolute atomic E-state index is 13.1. The Morgan fingerprint density at radius 1 is 1.07 bits per heavy atom. The minimum Gasteiger partial charge on any atom is -0.338 e. The van der Waals surface area contributed by atoms with Crippen molar-refractivity contribution in [2.24, 2.45) is 0 Å². The molecular weight excluding hydrogens is 362 g/mol. The van der Waals surface area contributed by atoms with Gasteiger partial charge >= 0.3 is 0 Å². The van der Waals surface area contributed by atoms with Gasteiger partial charge in [0, 0.05) is 28.9 Å². The van der Waals surface area contributed by atoms with Crippen LogP contribution in [0.4, 0.5) is 17.2 Å². The van der Waals surface area contributed by atoms with Gasteiger partial charge in [0.05, 0.1) is 5.69 Å². The highest BCUT2D eigenvalue weighted by Crippen LogP contribution is 2.36. The van der Waals surface area contributed by atoms with Gasteiger partial charge in [0.2, 0.25) is 0 Å².